The van der Waals surface area contributed by atoms with Crippen LogP contribution in [0, 0.1) is 5.92 Å². The molecule has 0 bridgehead atoms. The molecule has 23 heavy (non-hydrogen) atoms. The minimum Gasteiger partial charge on any atom is -0.497 e. The van der Waals surface area contributed by atoms with Crippen LogP contribution in [0.5, 0.6) is 5.75 Å². The molecule has 2 amide bonds. The van der Waals surface area contributed by atoms with Gasteiger partial charge in [0.1, 0.15) is 5.75 Å². The number of ether oxygens (including phenoxy) is 1. The molecule has 0 aliphatic heterocycles. The highest BCUT2D eigenvalue weighted by atomic mass is 16.5. The van der Waals surface area contributed by atoms with E-state index in [0.717, 1.165) is 5.57 Å². The smallest absolute Gasteiger partial charge is 0.345 e. The fraction of sp³-hybridized carbons (Fsp3) is 0.278. The van der Waals surface area contributed by atoms with Crippen LogP contribution in [-0.2, 0) is 4.79 Å². The number of ketones is 1. The fourth-order valence-electron chi connectivity index (χ4n) is 2.18. The number of carbonyl (C=O) groups excluding carboxylic acids is 2. The van der Waals surface area contributed by atoms with Crippen molar-refractivity contribution >= 4 is 23.2 Å². The molecule has 2 rings (SSSR count). The van der Waals surface area contributed by atoms with Gasteiger partial charge >= 0.3 is 6.03 Å². The molecular formula is C18H20N2O3. The maximum Gasteiger partial charge on any atom is 0.345 e. The Hall–Kier alpha value is -2.69. The highest BCUT2D eigenvalue weighted by Crippen LogP contribution is 2.20. The monoisotopic (exact) mass is 312 g/mol. The predicted octanol–water partition coefficient (Wildman–Crippen LogP) is 3.78. The van der Waals surface area contributed by atoms with Gasteiger partial charge in [0.15, 0.2) is 5.78 Å². The van der Waals surface area contributed by atoms with Crippen molar-refractivity contribution in [3.05, 3.63) is 47.6 Å². The molecule has 1 aliphatic carbocycles. The van der Waals surface area contributed by atoms with E-state index in [1.165, 1.54) is 0 Å². The number of allylic oxidation sites excluding steroid dienone is 4. The van der Waals surface area contributed by atoms with Gasteiger partial charge in [0.25, 0.3) is 0 Å². The quantitative estimate of drug-likeness (QED) is 0.864. The number of carbonyl (C=O) groups is 2. The van der Waals surface area contributed by atoms with Crippen molar-refractivity contribution in [1.82, 2.24) is 0 Å². The second kappa shape index (κ2) is 7.05. The molecule has 0 spiro atoms. The molecule has 1 N–H and O–H groups in total. The van der Waals surface area contributed by atoms with Gasteiger partial charge < -0.3 is 10.1 Å². The number of aliphatic imine (C=N–C) groups is 1. The van der Waals surface area contributed by atoms with Crippen LogP contribution in [-0.4, -0.2) is 24.6 Å². The summed E-state index contributed by atoms with van der Waals surface area (Å²) in [6, 6.07) is 6.51. The number of nitrogens with zero attached hydrogens (tertiary/aromatic N) is 1. The van der Waals surface area contributed by atoms with Crippen LogP contribution < -0.4 is 10.1 Å². The summed E-state index contributed by atoms with van der Waals surface area (Å²) >= 11 is 0. The molecule has 0 atom stereocenters. The molecule has 0 saturated carbocycles. The van der Waals surface area contributed by atoms with E-state index < -0.39 is 6.03 Å². The first-order valence-corrected chi connectivity index (χ1v) is 7.39. The Bertz CT molecular complexity index is 710. The second-order valence-corrected chi connectivity index (χ2v) is 5.60. The van der Waals surface area contributed by atoms with Gasteiger partial charge in [0.2, 0.25) is 0 Å². The third-order valence-corrected chi connectivity index (χ3v) is 3.51. The maximum absolute atomic E-state index is 12.1. The normalized spacial score (nSPS) is 16.2. The van der Waals surface area contributed by atoms with Gasteiger partial charge in [-0.05, 0) is 60.4 Å². The minimum atomic E-state index is -0.477. The standard InChI is InChI=1S/C18H20N2O3/c1-11(2)15-10-17(21)12(3)9-16(15)20-18(22)19-13-5-7-14(23-4)8-6-13/h5-11H,1-4H3,(H,19,22). The molecular weight excluding hydrogens is 292 g/mol. The van der Waals surface area contributed by atoms with Crippen molar-refractivity contribution in [2.24, 2.45) is 10.9 Å². The lowest BCUT2D eigenvalue weighted by molar-refractivity contribution is -0.111. The lowest BCUT2D eigenvalue weighted by Crippen LogP contribution is -2.18. The number of benzene rings is 1. The van der Waals surface area contributed by atoms with Crippen molar-refractivity contribution in [2.75, 3.05) is 12.4 Å². The molecule has 5 nitrogen and oxygen atoms in total. The molecule has 0 unspecified atom stereocenters. The third-order valence-electron chi connectivity index (χ3n) is 3.51. The summed E-state index contributed by atoms with van der Waals surface area (Å²) in [4.78, 5) is 28.0. The van der Waals surface area contributed by atoms with E-state index in [4.69, 9.17) is 4.74 Å². The third kappa shape index (κ3) is 4.16. The second-order valence-electron chi connectivity index (χ2n) is 5.60. The highest BCUT2D eigenvalue weighted by Gasteiger charge is 2.19. The van der Waals surface area contributed by atoms with E-state index in [9.17, 15) is 9.59 Å². The van der Waals surface area contributed by atoms with Crippen molar-refractivity contribution in [3.63, 3.8) is 0 Å². The van der Waals surface area contributed by atoms with Gasteiger partial charge in [-0.15, -0.1) is 0 Å². The summed E-state index contributed by atoms with van der Waals surface area (Å²) < 4.78 is 5.07. The molecule has 0 fully saturated rings. The van der Waals surface area contributed by atoms with Gasteiger partial charge in [-0.25, -0.2) is 4.79 Å². The van der Waals surface area contributed by atoms with Crippen LogP contribution in [0.1, 0.15) is 20.8 Å². The molecule has 1 aromatic carbocycles. The molecule has 0 radical (unpaired) electrons. The number of hydrogen-bond acceptors (Lipinski definition) is 3. The average molecular weight is 312 g/mol. The van der Waals surface area contributed by atoms with Crippen molar-refractivity contribution in [2.45, 2.75) is 20.8 Å². The lowest BCUT2D eigenvalue weighted by atomic mass is 9.90. The molecule has 0 saturated heterocycles. The van der Waals surface area contributed by atoms with Gasteiger partial charge in [-0.2, -0.15) is 4.99 Å². The molecule has 0 heterocycles. The zero-order valence-corrected chi connectivity index (χ0v) is 13.7. The summed E-state index contributed by atoms with van der Waals surface area (Å²) in [7, 11) is 1.58. The molecule has 1 aromatic rings. The SMILES string of the molecule is COc1ccc(NC(=O)N=C2C=C(C)C(=O)C=C2C(C)C)cc1. The Morgan fingerprint density at radius 2 is 1.83 bits per heavy atom. The predicted molar refractivity (Wildman–Crippen MR) is 91.1 cm³/mol. The van der Waals surface area contributed by atoms with E-state index in [0.29, 0.717) is 22.7 Å². The molecule has 5 heteroatoms. The van der Waals surface area contributed by atoms with Gasteiger partial charge in [0.05, 0.1) is 12.8 Å². The lowest BCUT2D eigenvalue weighted by Gasteiger charge is -2.16. The number of nitrogens with one attached hydrogen (secondary N) is 1. The minimum absolute atomic E-state index is 0.0387. The van der Waals surface area contributed by atoms with Crippen LogP contribution in [0.15, 0.2) is 52.6 Å². The molecule has 120 valence electrons. The zero-order valence-electron chi connectivity index (χ0n) is 13.7. The Balaban J connectivity index is 2.19. The molecule has 0 aromatic heterocycles. The van der Waals surface area contributed by atoms with Crippen LogP contribution in [0.2, 0.25) is 0 Å². The van der Waals surface area contributed by atoms with Gasteiger partial charge in [0, 0.05) is 5.69 Å². The Labute approximate surface area is 135 Å². The van der Waals surface area contributed by atoms with Gasteiger partial charge in [-0.1, -0.05) is 13.8 Å². The van der Waals surface area contributed by atoms with Crippen molar-refractivity contribution < 1.29 is 14.3 Å². The van der Waals surface area contributed by atoms with Crippen LogP contribution in [0.3, 0.4) is 0 Å². The summed E-state index contributed by atoms with van der Waals surface area (Å²) in [5.41, 5.74) is 2.50. The first-order valence-electron chi connectivity index (χ1n) is 7.39. The summed E-state index contributed by atoms with van der Waals surface area (Å²) in [6.45, 7) is 5.64. The Morgan fingerprint density at radius 3 is 2.39 bits per heavy atom. The summed E-state index contributed by atoms with van der Waals surface area (Å²) in [5, 5.41) is 2.70. The van der Waals surface area contributed by atoms with Crippen LogP contribution in [0.4, 0.5) is 10.5 Å². The van der Waals surface area contributed by atoms with E-state index in [1.807, 2.05) is 13.8 Å². The first-order chi connectivity index (χ1) is 10.9. The number of anilines is 1. The van der Waals surface area contributed by atoms with Crippen LogP contribution >= 0.6 is 0 Å². The van der Waals surface area contributed by atoms with E-state index in [2.05, 4.69) is 10.3 Å². The first kappa shape index (κ1) is 16.7. The summed E-state index contributed by atoms with van der Waals surface area (Å²) in [6.07, 6.45) is 3.21. The van der Waals surface area contributed by atoms with E-state index in [-0.39, 0.29) is 11.7 Å². The Morgan fingerprint density at radius 1 is 1.17 bits per heavy atom. The number of rotatable bonds is 3. The van der Waals surface area contributed by atoms with E-state index in [1.54, 1.807) is 50.5 Å². The van der Waals surface area contributed by atoms with Crippen molar-refractivity contribution in [1.29, 1.82) is 0 Å². The number of hydrogen-bond donors (Lipinski definition) is 1. The van der Waals surface area contributed by atoms with E-state index >= 15 is 0 Å². The molecule has 1 aliphatic rings. The topological polar surface area (TPSA) is 67.8 Å². The fourth-order valence-corrected chi connectivity index (χ4v) is 2.18. The van der Waals surface area contributed by atoms with Crippen molar-refractivity contribution in [3.8, 4) is 5.75 Å². The maximum atomic E-state index is 12.1. The summed E-state index contributed by atoms with van der Waals surface area (Å²) in [5.74, 6) is 0.780. The largest absolute Gasteiger partial charge is 0.497 e. The number of amides is 2. The number of methoxy groups -OCH3 is 1. The van der Waals surface area contributed by atoms with Crippen LogP contribution in [0.25, 0.3) is 0 Å². The zero-order chi connectivity index (χ0) is 17.0. The Kier molecular flexibility index (Phi) is 5.11. The van der Waals surface area contributed by atoms with Gasteiger partial charge in [-0.3, -0.25) is 4.79 Å². The highest BCUT2D eigenvalue weighted by molar-refractivity contribution is 6.24. The average Bonchev–Trinajstić information content (AvgIpc) is 2.51. The number of urea groups is 1.